The number of nitrogens with one attached hydrogen (secondary N) is 1. The maximum atomic E-state index is 12.4. The average Bonchev–Trinajstić information content (AvgIpc) is 2.80. The molecular weight excluding hydrogens is 356 g/mol. The molecular formula is C18H22N2O5S. The van der Waals surface area contributed by atoms with Gasteiger partial charge in [-0.1, -0.05) is 6.42 Å². The van der Waals surface area contributed by atoms with Crippen LogP contribution in [0.15, 0.2) is 21.3 Å². The first-order chi connectivity index (χ1) is 12.4. The van der Waals surface area contributed by atoms with E-state index in [4.69, 9.17) is 9.52 Å². The monoisotopic (exact) mass is 378 g/mol. The molecule has 0 bridgehead atoms. The molecule has 3 rings (SSSR count). The van der Waals surface area contributed by atoms with Crippen LogP contribution in [-0.4, -0.2) is 43.0 Å². The zero-order valence-electron chi connectivity index (χ0n) is 14.8. The second-order valence-corrected chi connectivity index (χ2v) is 7.75. The first kappa shape index (κ1) is 18.6. The van der Waals surface area contributed by atoms with Crippen molar-refractivity contribution >= 4 is 38.4 Å². The molecule has 0 amide bonds. The minimum Gasteiger partial charge on any atom is -0.477 e. The summed E-state index contributed by atoms with van der Waals surface area (Å²) in [4.78, 5) is 37.2. The van der Waals surface area contributed by atoms with Gasteiger partial charge in [-0.25, -0.2) is 9.59 Å². The van der Waals surface area contributed by atoms with E-state index in [1.54, 1.807) is 13.0 Å². The van der Waals surface area contributed by atoms with E-state index in [0.717, 1.165) is 37.4 Å². The van der Waals surface area contributed by atoms with E-state index in [-0.39, 0.29) is 23.3 Å². The van der Waals surface area contributed by atoms with Gasteiger partial charge in [0.15, 0.2) is 11.4 Å². The standard InChI is InChI=1S/C18H22N2O5S/c1-10(21)16(11-5-3-4-6-19-9-11)20(2)15-8-13-14(26-15)7-12(17(22)23)18(24)25-13/h7-8,11,16,19H,3-6,9H2,1-2H3,(H,22,23). The van der Waals surface area contributed by atoms with Crippen molar-refractivity contribution in [2.24, 2.45) is 5.92 Å². The highest BCUT2D eigenvalue weighted by molar-refractivity contribution is 7.22. The summed E-state index contributed by atoms with van der Waals surface area (Å²) in [6, 6.07) is 2.76. The number of fused-ring (bicyclic) bond motifs is 1. The molecule has 0 spiro atoms. The maximum absolute atomic E-state index is 12.4. The van der Waals surface area contributed by atoms with Crippen LogP contribution in [-0.2, 0) is 4.79 Å². The van der Waals surface area contributed by atoms with E-state index >= 15 is 0 Å². The number of hydrogen-bond acceptors (Lipinski definition) is 7. The number of rotatable bonds is 5. The summed E-state index contributed by atoms with van der Waals surface area (Å²) in [7, 11) is 1.86. The number of Topliss-reactive ketones (excluding diaryl/α,β-unsaturated/α-hetero) is 1. The van der Waals surface area contributed by atoms with Gasteiger partial charge >= 0.3 is 11.6 Å². The Bertz CT molecular complexity index is 879. The Morgan fingerprint density at radius 3 is 2.85 bits per heavy atom. The number of anilines is 1. The predicted molar refractivity (Wildman–Crippen MR) is 100 cm³/mol. The zero-order chi connectivity index (χ0) is 18.8. The van der Waals surface area contributed by atoms with Gasteiger partial charge in [-0.05, 0) is 38.3 Å². The number of ketones is 1. The summed E-state index contributed by atoms with van der Waals surface area (Å²) in [6.07, 6.45) is 3.17. The summed E-state index contributed by atoms with van der Waals surface area (Å²) in [5, 5.41) is 13.2. The highest BCUT2D eigenvalue weighted by atomic mass is 32.1. The lowest BCUT2D eigenvalue weighted by atomic mass is 9.91. The fourth-order valence-electron chi connectivity index (χ4n) is 3.60. The largest absolute Gasteiger partial charge is 0.477 e. The van der Waals surface area contributed by atoms with E-state index in [1.807, 2.05) is 11.9 Å². The molecule has 2 unspecified atom stereocenters. The summed E-state index contributed by atoms with van der Waals surface area (Å²) in [6.45, 7) is 3.36. The molecule has 0 saturated carbocycles. The van der Waals surface area contributed by atoms with Crippen LogP contribution >= 0.6 is 11.3 Å². The third-order valence-corrected chi connectivity index (χ3v) is 6.01. The Kier molecular flexibility index (Phi) is 5.43. The highest BCUT2D eigenvalue weighted by Crippen LogP contribution is 2.34. The van der Waals surface area contributed by atoms with Crippen LogP contribution in [0, 0.1) is 5.92 Å². The molecule has 3 heterocycles. The summed E-state index contributed by atoms with van der Waals surface area (Å²) in [5.74, 6) is -1.02. The van der Waals surface area contributed by atoms with Crippen molar-refractivity contribution in [3.63, 3.8) is 0 Å². The number of aromatic carboxylic acids is 1. The summed E-state index contributed by atoms with van der Waals surface area (Å²) < 4.78 is 5.71. The van der Waals surface area contributed by atoms with Crippen LogP contribution in [0.4, 0.5) is 5.00 Å². The van der Waals surface area contributed by atoms with E-state index in [9.17, 15) is 14.4 Å². The van der Waals surface area contributed by atoms with Gasteiger partial charge in [-0.3, -0.25) is 4.79 Å². The maximum Gasteiger partial charge on any atom is 0.351 e. The van der Waals surface area contributed by atoms with Crippen LogP contribution in [0.2, 0.25) is 0 Å². The molecule has 26 heavy (non-hydrogen) atoms. The van der Waals surface area contributed by atoms with E-state index in [2.05, 4.69) is 5.32 Å². The Hall–Kier alpha value is -2.19. The van der Waals surface area contributed by atoms with Gasteiger partial charge in [0.1, 0.15) is 5.56 Å². The SMILES string of the molecule is CC(=O)C(C1CCCCNC1)N(C)c1cc2oc(=O)c(C(=O)O)cc2s1. The Labute approximate surface area is 154 Å². The third kappa shape index (κ3) is 3.66. The fraction of sp³-hybridized carbons (Fsp3) is 0.500. The first-order valence-electron chi connectivity index (χ1n) is 8.63. The lowest BCUT2D eigenvalue weighted by Gasteiger charge is -2.33. The van der Waals surface area contributed by atoms with Gasteiger partial charge in [0.2, 0.25) is 0 Å². The number of hydrogen-bond donors (Lipinski definition) is 2. The van der Waals surface area contributed by atoms with E-state index in [1.165, 1.54) is 17.4 Å². The van der Waals surface area contributed by atoms with Crippen LogP contribution in [0.25, 0.3) is 10.3 Å². The number of likely N-dealkylation sites (N-methyl/N-ethyl adjacent to an activating group) is 1. The summed E-state index contributed by atoms with van der Waals surface area (Å²) in [5.41, 5.74) is -0.911. The van der Waals surface area contributed by atoms with E-state index < -0.39 is 11.6 Å². The smallest absolute Gasteiger partial charge is 0.351 e. The second-order valence-electron chi connectivity index (χ2n) is 6.69. The minimum atomic E-state index is -1.31. The fourth-order valence-corrected chi connectivity index (χ4v) is 4.62. The van der Waals surface area contributed by atoms with Crippen molar-refractivity contribution in [3.05, 3.63) is 28.1 Å². The Morgan fingerprint density at radius 1 is 1.38 bits per heavy atom. The van der Waals surface area contributed by atoms with Crippen molar-refractivity contribution in [3.8, 4) is 0 Å². The topological polar surface area (TPSA) is 99.9 Å². The van der Waals surface area contributed by atoms with Crippen LogP contribution < -0.4 is 15.8 Å². The van der Waals surface area contributed by atoms with Gasteiger partial charge in [0, 0.05) is 19.7 Å². The molecule has 1 fully saturated rings. The molecule has 2 atom stereocenters. The zero-order valence-corrected chi connectivity index (χ0v) is 15.6. The molecule has 1 aliphatic heterocycles. The first-order valence-corrected chi connectivity index (χ1v) is 9.45. The molecule has 2 aromatic heterocycles. The number of nitrogens with zero attached hydrogens (tertiary/aromatic N) is 1. The number of carboxylic acid groups (broad SMARTS) is 1. The molecule has 1 saturated heterocycles. The van der Waals surface area contributed by atoms with Crippen molar-refractivity contribution < 1.29 is 19.1 Å². The molecule has 0 aliphatic carbocycles. The van der Waals surface area contributed by atoms with E-state index in [0.29, 0.717) is 10.3 Å². The predicted octanol–water partition coefficient (Wildman–Crippen LogP) is 2.34. The van der Waals surface area contributed by atoms with Gasteiger partial charge in [0.05, 0.1) is 15.7 Å². The van der Waals surface area contributed by atoms with Crippen molar-refractivity contribution in [1.82, 2.24) is 5.32 Å². The van der Waals surface area contributed by atoms with Gasteiger partial charge in [-0.2, -0.15) is 0 Å². The second kappa shape index (κ2) is 7.59. The van der Waals surface area contributed by atoms with Gasteiger partial charge in [-0.15, -0.1) is 11.3 Å². The average molecular weight is 378 g/mol. The number of carbonyl (C=O) groups excluding carboxylic acids is 1. The molecule has 2 aromatic rings. The van der Waals surface area contributed by atoms with Crippen molar-refractivity contribution in [2.45, 2.75) is 32.2 Å². The number of carboxylic acids is 1. The highest BCUT2D eigenvalue weighted by Gasteiger charge is 2.31. The summed E-state index contributed by atoms with van der Waals surface area (Å²) >= 11 is 1.32. The molecule has 7 nitrogen and oxygen atoms in total. The Morgan fingerprint density at radius 2 is 2.15 bits per heavy atom. The third-order valence-electron chi connectivity index (χ3n) is 4.85. The lowest BCUT2D eigenvalue weighted by molar-refractivity contribution is -0.119. The molecule has 1 aliphatic rings. The lowest BCUT2D eigenvalue weighted by Crippen LogP contribution is -2.46. The molecule has 140 valence electrons. The molecule has 2 N–H and O–H groups in total. The minimum absolute atomic E-state index is 0.0892. The number of carbonyl (C=O) groups is 2. The van der Waals surface area contributed by atoms with Crippen molar-refractivity contribution in [2.75, 3.05) is 25.0 Å². The van der Waals surface area contributed by atoms with Gasteiger partial charge in [0.25, 0.3) is 0 Å². The molecule has 8 heteroatoms. The van der Waals surface area contributed by atoms with Crippen LogP contribution in [0.3, 0.4) is 0 Å². The van der Waals surface area contributed by atoms with Gasteiger partial charge < -0.3 is 19.7 Å². The van der Waals surface area contributed by atoms with Crippen LogP contribution in [0.1, 0.15) is 36.5 Å². The number of thiophene rings is 1. The molecule has 0 radical (unpaired) electrons. The molecule has 0 aromatic carbocycles. The Balaban J connectivity index is 1.96. The quantitative estimate of drug-likeness (QED) is 0.824. The van der Waals surface area contributed by atoms with Crippen molar-refractivity contribution in [1.29, 1.82) is 0 Å². The normalized spacial score (nSPS) is 19.1. The van der Waals surface area contributed by atoms with Crippen LogP contribution in [0.5, 0.6) is 0 Å².